The lowest BCUT2D eigenvalue weighted by molar-refractivity contribution is 0.132. The molecule has 1 heterocycles. The Hall–Kier alpha value is -2.73. The molecule has 27 heavy (non-hydrogen) atoms. The van der Waals surface area contributed by atoms with Crippen molar-refractivity contribution in [1.82, 2.24) is 9.80 Å². The number of hydrogen-bond acceptors (Lipinski definition) is 4. The fourth-order valence-electron chi connectivity index (χ4n) is 3.05. The van der Waals surface area contributed by atoms with Gasteiger partial charge < -0.3 is 19.7 Å². The highest BCUT2D eigenvalue weighted by molar-refractivity contribution is 5.90. The van der Waals surface area contributed by atoms with E-state index in [-0.39, 0.29) is 6.03 Å². The number of nitrogens with zero attached hydrogens (tertiary/aromatic N) is 2. The highest BCUT2D eigenvalue weighted by Crippen LogP contribution is 2.17. The molecule has 3 rings (SSSR count). The molecule has 1 N–H and O–H groups in total. The van der Waals surface area contributed by atoms with Crippen molar-refractivity contribution in [3.63, 3.8) is 0 Å². The van der Waals surface area contributed by atoms with Crippen LogP contribution in [-0.2, 0) is 0 Å². The standard InChI is InChI=1S/C21H27N3O3/c1-17-5-3-4-6-20(17)22-21(25)24-13-11-23(12-14-24)15-16-27-19-9-7-18(26-2)8-10-19/h3-10H,11-16H2,1-2H3,(H,22,25). The smallest absolute Gasteiger partial charge is 0.321 e. The minimum absolute atomic E-state index is 0.0292. The van der Waals surface area contributed by atoms with E-state index in [9.17, 15) is 4.79 Å². The summed E-state index contributed by atoms with van der Waals surface area (Å²) in [6, 6.07) is 15.4. The van der Waals surface area contributed by atoms with Gasteiger partial charge in [-0.2, -0.15) is 0 Å². The molecule has 1 aliphatic rings. The molecular weight excluding hydrogens is 342 g/mol. The monoisotopic (exact) mass is 369 g/mol. The SMILES string of the molecule is COc1ccc(OCCN2CCN(C(=O)Nc3ccccc3C)CC2)cc1. The number of benzene rings is 2. The van der Waals surface area contributed by atoms with Crippen molar-refractivity contribution in [2.45, 2.75) is 6.92 Å². The zero-order chi connectivity index (χ0) is 19.1. The van der Waals surface area contributed by atoms with Gasteiger partial charge in [-0.15, -0.1) is 0 Å². The van der Waals surface area contributed by atoms with Crippen LogP contribution >= 0.6 is 0 Å². The number of carbonyl (C=O) groups is 1. The Kier molecular flexibility index (Phi) is 6.54. The minimum Gasteiger partial charge on any atom is -0.497 e. The largest absolute Gasteiger partial charge is 0.497 e. The maximum Gasteiger partial charge on any atom is 0.321 e. The molecule has 0 spiro atoms. The summed E-state index contributed by atoms with van der Waals surface area (Å²) in [6.07, 6.45) is 0. The molecule has 2 amide bonds. The number of amides is 2. The molecule has 0 bridgehead atoms. The zero-order valence-corrected chi connectivity index (χ0v) is 16.0. The minimum atomic E-state index is -0.0292. The van der Waals surface area contributed by atoms with E-state index in [0.717, 1.165) is 55.5 Å². The van der Waals surface area contributed by atoms with Crippen molar-refractivity contribution >= 4 is 11.7 Å². The van der Waals surface area contributed by atoms with Crippen LogP contribution in [0.5, 0.6) is 11.5 Å². The van der Waals surface area contributed by atoms with E-state index in [2.05, 4.69) is 10.2 Å². The van der Waals surface area contributed by atoms with E-state index >= 15 is 0 Å². The molecule has 6 heteroatoms. The molecule has 6 nitrogen and oxygen atoms in total. The van der Waals surface area contributed by atoms with Gasteiger partial charge in [0.05, 0.1) is 7.11 Å². The van der Waals surface area contributed by atoms with Gasteiger partial charge >= 0.3 is 6.03 Å². The summed E-state index contributed by atoms with van der Waals surface area (Å²) in [5.41, 5.74) is 1.94. The second-order valence-electron chi connectivity index (χ2n) is 6.60. The fourth-order valence-corrected chi connectivity index (χ4v) is 3.05. The molecule has 1 saturated heterocycles. The number of aryl methyl sites for hydroxylation is 1. The maximum atomic E-state index is 12.4. The molecule has 1 fully saturated rings. The van der Waals surface area contributed by atoms with Gasteiger partial charge in [-0.1, -0.05) is 18.2 Å². The first-order valence-corrected chi connectivity index (χ1v) is 9.26. The van der Waals surface area contributed by atoms with Gasteiger partial charge in [0.1, 0.15) is 18.1 Å². The van der Waals surface area contributed by atoms with Gasteiger partial charge in [-0.05, 0) is 42.8 Å². The van der Waals surface area contributed by atoms with Crippen LogP contribution in [0.4, 0.5) is 10.5 Å². The number of anilines is 1. The van der Waals surface area contributed by atoms with E-state index in [0.29, 0.717) is 6.61 Å². The molecular formula is C21H27N3O3. The van der Waals surface area contributed by atoms with Gasteiger partial charge in [-0.25, -0.2) is 4.79 Å². The summed E-state index contributed by atoms with van der Waals surface area (Å²) >= 11 is 0. The molecule has 1 aliphatic heterocycles. The first-order valence-electron chi connectivity index (χ1n) is 9.26. The summed E-state index contributed by atoms with van der Waals surface area (Å²) < 4.78 is 10.9. The number of piperazine rings is 1. The third-order valence-electron chi connectivity index (χ3n) is 4.78. The molecule has 0 unspecified atom stereocenters. The van der Waals surface area contributed by atoms with Crippen molar-refractivity contribution in [3.05, 3.63) is 54.1 Å². The quantitative estimate of drug-likeness (QED) is 0.849. The molecule has 2 aromatic carbocycles. The first-order chi connectivity index (χ1) is 13.2. The average Bonchev–Trinajstić information content (AvgIpc) is 2.71. The van der Waals surface area contributed by atoms with Crippen LogP contribution < -0.4 is 14.8 Å². The second kappa shape index (κ2) is 9.28. The topological polar surface area (TPSA) is 54.0 Å². The van der Waals surface area contributed by atoms with Crippen molar-refractivity contribution < 1.29 is 14.3 Å². The lowest BCUT2D eigenvalue weighted by Crippen LogP contribution is -2.50. The second-order valence-corrected chi connectivity index (χ2v) is 6.60. The number of nitrogens with one attached hydrogen (secondary N) is 1. The maximum absolute atomic E-state index is 12.4. The van der Waals surface area contributed by atoms with Crippen LogP contribution in [0.1, 0.15) is 5.56 Å². The van der Waals surface area contributed by atoms with E-state index < -0.39 is 0 Å². The summed E-state index contributed by atoms with van der Waals surface area (Å²) in [5.74, 6) is 1.66. The van der Waals surface area contributed by atoms with E-state index in [1.54, 1.807) is 7.11 Å². The Morgan fingerprint density at radius 2 is 1.67 bits per heavy atom. The van der Waals surface area contributed by atoms with Crippen molar-refractivity contribution in [3.8, 4) is 11.5 Å². The highest BCUT2D eigenvalue weighted by Gasteiger charge is 2.21. The fraction of sp³-hybridized carbons (Fsp3) is 0.381. The van der Waals surface area contributed by atoms with E-state index in [1.165, 1.54) is 0 Å². The highest BCUT2D eigenvalue weighted by atomic mass is 16.5. The van der Waals surface area contributed by atoms with Gasteiger partial charge in [0.15, 0.2) is 0 Å². The Balaban J connectivity index is 1.38. The van der Waals surface area contributed by atoms with Gasteiger partial charge in [0.25, 0.3) is 0 Å². The summed E-state index contributed by atoms with van der Waals surface area (Å²) in [6.45, 7) is 6.62. The summed E-state index contributed by atoms with van der Waals surface area (Å²) in [5, 5.41) is 3.00. The van der Waals surface area contributed by atoms with Crippen molar-refractivity contribution in [1.29, 1.82) is 0 Å². The first kappa shape index (κ1) is 19.0. The normalized spacial score (nSPS) is 14.7. The van der Waals surface area contributed by atoms with E-state index in [4.69, 9.17) is 9.47 Å². The van der Waals surface area contributed by atoms with Gasteiger partial charge in [0.2, 0.25) is 0 Å². The third kappa shape index (κ3) is 5.37. The molecule has 2 aromatic rings. The average molecular weight is 369 g/mol. The number of rotatable bonds is 6. The predicted molar refractivity (Wildman–Crippen MR) is 107 cm³/mol. The molecule has 0 atom stereocenters. The third-order valence-corrected chi connectivity index (χ3v) is 4.78. The zero-order valence-electron chi connectivity index (χ0n) is 16.0. The van der Waals surface area contributed by atoms with E-state index in [1.807, 2.05) is 60.4 Å². The van der Waals surface area contributed by atoms with Crippen molar-refractivity contribution in [2.75, 3.05) is 51.8 Å². The Labute approximate surface area is 160 Å². The summed E-state index contributed by atoms with van der Waals surface area (Å²) in [4.78, 5) is 16.6. The van der Waals surface area contributed by atoms with Gasteiger partial charge in [-0.3, -0.25) is 4.90 Å². The number of hydrogen-bond donors (Lipinski definition) is 1. The number of para-hydroxylation sites is 1. The Morgan fingerprint density at radius 3 is 2.33 bits per heavy atom. The molecule has 0 radical (unpaired) electrons. The van der Waals surface area contributed by atoms with Crippen LogP contribution in [-0.4, -0.2) is 62.3 Å². The van der Waals surface area contributed by atoms with Gasteiger partial charge in [0, 0.05) is 38.4 Å². The lowest BCUT2D eigenvalue weighted by Gasteiger charge is -2.34. The van der Waals surface area contributed by atoms with Crippen LogP contribution in [0.3, 0.4) is 0 Å². The number of urea groups is 1. The van der Waals surface area contributed by atoms with Crippen LogP contribution in [0, 0.1) is 6.92 Å². The lowest BCUT2D eigenvalue weighted by atomic mass is 10.2. The van der Waals surface area contributed by atoms with Crippen molar-refractivity contribution in [2.24, 2.45) is 0 Å². The molecule has 144 valence electrons. The van der Waals surface area contributed by atoms with Crippen LogP contribution in [0.2, 0.25) is 0 Å². The number of carbonyl (C=O) groups excluding carboxylic acids is 1. The molecule has 0 aliphatic carbocycles. The molecule has 0 saturated carbocycles. The van der Waals surface area contributed by atoms with Crippen LogP contribution in [0.25, 0.3) is 0 Å². The Bertz CT molecular complexity index is 741. The van der Waals surface area contributed by atoms with Crippen LogP contribution in [0.15, 0.2) is 48.5 Å². The number of ether oxygens (including phenoxy) is 2. The predicted octanol–water partition coefficient (Wildman–Crippen LogP) is 3.23. The summed E-state index contributed by atoms with van der Waals surface area (Å²) in [7, 11) is 1.65. The number of methoxy groups -OCH3 is 1. The Morgan fingerprint density at radius 1 is 1.00 bits per heavy atom. The molecule has 0 aromatic heterocycles.